The number of ether oxygens (including phenoxy) is 1. The SMILES string of the molecule is COc1ccc([C@@](C)(O)[C@@H]2CCCN2C(=O)c2cc(C)no2)cc1. The van der Waals surface area contributed by atoms with E-state index in [2.05, 4.69) is 5.16 Å². The molecule has 1 amide bonds. The fourth-order valence-electron chi connectivity index (χ4n) is 3.32. The Bertz CT molecular complexity index is 721. The first-order chi connectivity index (χ1) is 11.4. The number of benzene rings is 1. The molecule has 1 aliphatic heterocycles. The molecule has 1 aromatic carbocycles. The molecule has 2 heterocycles. The lowest BCUT2D eigenvalue weighted by Crippen LogP contribution is -2.48. The number of methoxy groups -OCH3 is 1. The van der Waals surface area contributed by atoms with E-state index in [-0.39, 0.29) is 17.7 Å². The molecule has 6 nitrogen and oxygen atoms in total. The monoisotopic (exact) mass is 330 g/mol. The molecule has 3 rings (SSSR count). The Morgan fingerprint density at radius 2 is 2.12 bits per heavy atom. The summed E-state index contributed by atoms with van der Waals surface area (Å²) >= 11 is 0. The molecule has 1 N–H and O–H groups in total. The van der Waals surface area contributed by atoms with Crippen molar-refractivity contribution in [3.05, 3.63) is 47.3 Å². The molecular formula is C18H22N2O4. The molecule has 0 saturated carbocycles. The molecule has 0 unspecified atom stereocenters. The molecule has 1 aromatic heterocycles. The van der Waals surface area contributed by atoms with Crippen molar-refractivity contribution in [1.29, 1.82) is 0 Å². The number of hydrogen-bond acceptors (Lipinski definition) is 5. The normalized spacial score (nSPS) is 20.0. The highest BCUT2D eigenvalue weighted by Gasteiger charge is 2.43. The van der Waals surface area contributed by atoms with E-state index >= 15 is 0 Å². The van der Waals surface area contributed by atoms with Gasteiger partial charge in [0.15, 0.2) is 0 Å². The van der Waals surface area contributed by atoms with Crippen molar-refractivity contribution in [2.24, 2.45) is 0 Å². The van der Waals surface area contributed by atoms with Gasteiger partial charge in [-0.1, -0.05) is 17.3 Å². The highest BCUT2D eigenvalue weighted by Crippen LogP contribution is 2.36. The third kappa shape index (κ3) is 2.89. The van der Waals surface area contributed by atoms with Crippen LogP contribution in [0.15, 0.2) is 34.9 Å². The number of aryl methyl sites for hydroxylation is 1. The molecule has 1 aliphatic rings. The van der Waals surface area contributed by atoms with Crippen molar-refractivity contribution < 1.29 is 19.2 Å². The van der Waals surface area contributed by atoms with Gasteiger partial charge in [-0.05, 0) is 44.4 Å². The lowest BCUT2D eigenvalue weighted by Gasteiger charge is -2.36. The average Bonchev–Trinajstić information content (AvgIpc) is 3.23. The van der Waals surface area contributed by atoms with E-state index < -0.39 is 5.60 Å². The van der Waals surface area contributed by atoms with Crippen LogP contribution >= 0.6 is 0 Å². The summed E-state index contributed by atoms with van der Waals surface area (Å²) in [6.07, 6.45) is 1.58. The Morgan fingerprint density at radius 1 is 1.42 bits per heavy atom. The minimum atomic E-state index is -1.16. The van der Waals surface area contributed by atoms with Gasteiger partial charge in [0.05, 0.1) is 18.8 Å². The van der Waals surface area contributed by atoms with Crippen LogP contribution in [0, 0.1) is 6.92 Å². The topological polar surface area (TPSA) is 75.8 Å². The fourth-order valence-corrected chi connectivity index (χ4v) is 3.32. The number of aromatic nitrogens is 1. The first-order valence-electron chi connectivity index (χ1n) is 8.04. The molecule has 0 radical (unpaired) electrons. The number of hydrogen-bond donors (Lipinski definition) is 1. The molecule has 2 aromatic rings. The molecule has 2 atom stereocenters. The van der Waals surface area contributed by atoms with E-state index in [0.717, 1.165) is 24.2 Å². The largest absolute Gasteiger partial charge is 0.497 e. The van der Waals surface area contributed by atoms with Crippen molar-refractivity contribution in [3.63, 3.8) is 0 Å². The summed E-state index contributed by atoms with van der Waals surface area (Å²) in [6.45, 7) is 4.11. The van der Waals surface area contributed by atoms with Crippen molar-refractivity contribution >= 4 is 5.91 Å². The van der Waals surface area contributed by atoms with E-state index in [1.54, 1.807) is 31.9 Å². The van der Waals surface area contributed by atoms with Crippen molar-refractivity contribution in [1.82, 2.24) is 10.1 Å². The van der Waals surface area contributed by atoms with Gasteiger partial charge in [0.1, 0.15) is 11.4 Å². The summed E-state index contributed by atoms with van der Waals surface area (Å²) in [5, 5.41) is 14.9. The van der Waals surface area contributed by atoms with E-state index in [0.29, 0.717) is 12.2 Å². The number of likely N-dealkylation sites (tertiary alicyclic amines) is 1. The Kier molecular flexibility index (Phi) is 4.32. The predicted octanol–water partition coefficient (Wildman–Crippen LogP) is 2.50. The van der Waals surface area contributed by atoms with Crippen LogP contribution in [0.3, 0.4) is 0 Å². The van der Waals surface area contributed by atoms with Gasteiger partial charge >= 0.3 is 0 Å². The molecule has 1 saturated heterocycles. The number of rotatable bonds is 4. The predicted molar refractivity (Wildman–Crippen MR) is 87.9 cm³/mol. The lowest BCUT2D eigenvalue weighted by atomic mass is 9.86. The first-order valence-corrected chi connectivity index (χ1v) is 8.04. The summed E-state index contributed by atoms with van der Waals surface area (Å²) in [5.41, 5.74) is 0.255. The molecule has 0 spiro atoms. The lowest BCUT2D eigenvalue weighted by molar-refractivity contribution is -0.0187. The minimum absolute atomic E-state index is 0.213. The smallest absolute Gasteiger partial charge is 0.292 e. The first kappa shape index (κ1) is 16.5. The van der Waals surface area contributed by atoms with E-state index in [4.69, 9.17) is 9.26 Å². The van der Waals surface area contributed by atoms with Gasteiger partial charge in [0, 0.05) is 12.6 Å². The van der Waals surface area contributed by atoms with Gasteiger partial charge in [-0.2, -0.15) is 0 Å². The van der Waals surface area contributed by atoms with Crippen LogP contribution in [0.25, 0.3) is 0 Å². The number of carbonyl (C=O) groups is 1. The van der Waals surface area contributed by atoms with E-state index in [9.17, 15) is 9.90 Å². The molecule has 0 aliphatic carbocycles. The van der Waals surface area contributed by atoms with Gasteiger partial charge in [-0.3, -0.25) is 4.79 Å². The Morgan fingerprint density at radius 3 is 2.71 bits per heavy atom. The van der Waals surface area contributed by atoms with Crippen LogP contribution in [0.1, 0.15) is 41.6 Å². The summed E-state index contributed by atoms with van der Waals surface area (Å²) in [7, 11) is 1.60. The fraction of sp³-hybridized carbons (Fsp3) is 0.444. The summed E-state index contributed by atoms with van der Waals surface area (Å²) < 4.78 is 10.3. The van der Waals surface area contributed by atoms with Crippen LogP contribution < -0.4 is 4.74 Å². The molecular weight excluding hydrogens is 308 g/mol. The van der Waals surface area contributed by atoms with E-state index in [1.807, 2.05) is 24.3 Å². The van der Waals surface area contributed by atoms with E-state index in [1.165, 1.54) is 0 Å². The van der Waals surface area contributed by atoms with Crippen molar-refractivity contribution in [3.8, 4) is 5.75 Å². The van der Waals surface area contributed by atoms with Crippen LogP contribution in [-0.2, 0) is 5.60 Å². The minimum Gasteiger partial charge on any atom is -0.497 e. The number of nitrogens with zero attached hydrogens (tertiary/aromatic N) is 2. The molecule has 128 valence electrons. The number of aliphatic hydroxyl groups is 1. The van der Waals surface area contributed by atoms with Crippen LogP contribution in [0.4, 0.5) is 0 Å². The standard InChI is InChI=1S/C18H22N2O4/c1-12-11-15(24-19-12)17(21)20-10-4-5-16(20)18(2,22)13-6-8-14(23-3)9-7-13/h6-9,11,16,22H,4-5,10H2,1-3H3/t16-,18+/m0/s1. The zero-order valence-corrected chi connectivity index (χ0v) is 14.2. The Hall–Kier alpha value is -2.34. The quantitative estimate of drug-likeness (QED) is 0.932. The van der Waals surface area contributed by atoms with Gasteiger partial charge in [0.25, 0.3) is 5.91 Å². The Balaban J connectivity index is 1.86. The molecule has 0 bridgehead atoms. The number of amides is 1. The maximum absolute atomic E-state index is 12.7. The highest BCUT2D eigenvalue weighted by molar-refractivity contribution is 5.92. The molecule has 6 heteroatoms. The third-order valence-electron chi connectivity index (χ3n) is 4.68. The molecule has 24 heavy (non-hydrogen) atoms. The average molecular weight is 330 g/mol. The van der Waals surface area contributed by atoms with Crippen LogP contribution in [0.2, 0.25) is 0 Å². The van der Waals surface area contributed by atoms with Gasteiger partial charge in [-0.15, -0.1) is 0 Å². The van der Waals surface area contributed by atoms with Crippen molar-refractivity contribution in [2.45, 2.75) is 38.3 Å². The van der Waals surface area contributed by atoms with Gasteiger partial charge in [-0.25, -0.2) is 0 Å². The summed E-state index contributed by atoms with van der Waals surface area (Å²) in [6, 6.07) is 8.59. The summed E-state index contributed by atoms with van der Waals surface area (Å²) in [5.74, 6) is 0.711. The summed E-state index contributed by atoms with van der Waals surface area (Å²) in [4.78, 5) is 14.4. The zero-order valence-electron chi connectivity index (χ0n) is 14.2. The second kappa shape index (κ2) is 6.28. The maximum Gasteiger partial charge on any atom is 0.292 e. The second-order valence-electron chi connectivity index (χ2n) is 6.37. The van der Waals surface area contributed by atoms with Gasteiger partial charge < -0.3 is 19.3 Å². The van der Waals surface area contributed by atoms with Crippen LogP contribution in [0.5, 0.6) is 5.75 Å². The Labute approximate surface area is 141 Å². The van der Waals surface area contributed by atoms with Gasteiger partial charge in [0.2, 0.25) is 5.76 Å². The maximum atomic E-state index is 12.7. The highest BCUT2D eigenvalue weighted by atomic mass is 16.5. The van der Waals surface area contributed by atoms with Crippen LogP contribution in [-0.4, -0.2) is 40.8 Å². The van der Waals surface area contributed by atoms with Crippen molar-refractivity contribution in [2.75, 3.05) is 13.7 Å². The second-order valence-corrected chi connectivity index (χ2v) is 6.37. The number of carbonyl (C=O) groups excluding carboxylic acids is 1. The third-order valence-corrected chi connectivity index (χ3v) is 4.68. The molecule has 1 fully saturated rings. The zero-order chi connectivity index (χ0) is 17.3.